The van der Waals surface area contributed by atoms with Crippen molar-refractivity contribution in [3.8, 4) is 0 Å². The van der Waals surface area contributed by atoms with E-state index in [0.717, 1.165) is 6.07 Å². The summed E-state index contributed by atoms with van der Waals surface area (Å²) in [6, 6.07) is 17.0. The molecule has 3 aromatic rings. The van der Waals surface area contributed by atoms with Crippen molar-refractivity contribution in [1.29, 1.82) is 0 Å². The van der Waals surface area contributed by atoms with Crippen LogP contribution in [0.15, 0.2) is 77.7 Å². The zero-order valence-corrected chi connectivity index (χ0v) is 17.7. The van der Waals surface area contributed by atoms with Gasteiger partial charge in [0.2, 0.25) is 5.91 Å². The number of hydrogen-bond acceptors (Lipinski definition) is 4. The highest BCUT2D eigenvalue weighted by molar-refractivity contribution is 7.92. The molecule has 0 fully saturated rings. The van der Waals surface area contributed by atoms with E-state index in [4.69, 9.17) is 11.6 Å². The first-order valence-electron chi connectivity index (χ1n) is 9.20. The van der Waals surface area contributed by atoms with Gasteiger partial charge >= 0.3 is 0 Å². The predicted molar refractivity (Wildman–Crippen MR) is 117 cm³/mol. The third-order valence-electron chi connectivity index (χ3n) is 4.27. The van der Waals surface area contributed by atoms with Crippen LogP contribution in [-0.4, -0.2) is 20.1 Å². The summed E-state index contributed by atoms with van der Waals surface area (Å²) in [7, 11) is -3.91. The minimum atomic E-state index is -3.91. The quantitative estimate of drug-likeness (QED) is 0.468. The van der Waals surface area contributed by atoms with Gasteiger partial charge in [0.05, 0.1) is 10.6 Å². The first kappa shape index (κ1) is 22.5. The summed E-state index contributed by atoms with van der Waals surface area (Å²) in [6.07, 6.45) is 0.000119. The van der Waals surface area contributed by atoms with Crippen LogP contribution in [0.25, 0.3) is 0 Å². The van der Waals surface area contributed by atoms with Crippen LogP contribution in [0.3, 0.4) is 0 Å². The second-order valence-corrected chi connectivity index (χ2v) is 8.74. The normalized spacial score (nSPS) is 11.0. The lowest BCUT2D eigenvalue weighted by atomic mass is 10.1. The Labute approximate surface area is 184 Å². The monoisotopic (exact) mass is 460 g/mol. The average Bonchev–Trinajstić information content (AvgIpc) is 2.72. The van der Waals surface area contributed by atoms with Gasteiger partial charge in [0.15, 0.2) is 5.78 Å². The first-order chi connectivity index (χ1) is 14.7. The van der Waals surface area contributed by atoms with Crippen LogP contribution < -0.4 is 10.0 Å². The van der Waals surface area contributed by atoms with Gasteiger partial charge in [-0.1, -0.05) is 17.7 Å². The maximum absolute atomic E-state index is 13.2. The van der Waals surface area contributed by atoms with Gasteiger partial charge < -0.3 is 5.32 Å². The molecule has 0 bridgehead atoms. The number of hydrogen-bond donors (Lipinski definition) is 2. The molecule has 31 heavy (non-hydrogen) atoms. The molecule has 0 saturated carbocycles. The zero-order valence-electron chi connectivity index (χ0n) is 16.1. The fraction of sp³-hybridized carbons (Fsp3) is 0.0909. The van der Waals surface area contributed by atoms with Gasteiger partial charge in [-0.2, -0.15) is 0 Å². The Bertz CT molecular complexity index is 1200. The highest BCUT2D eigenvalue weighted by atomic mass is 35.5. The van der Waals surface area contributed by atoms with Crippen molar-refractivity contribution in [1.82, 2.24) is 0 Å². The number of ketones is 1. The number of carbonyl (C=O) groups is 2. The number of halogens is 2. The van der Waals surface area contributed by atoms with Crippen molar-refractivity contribution in [2.24, 2.45) is 0 Å². The average molecular weight is 461 g/mol. The summed E-state index contributed by atoms with van der Waals surface area (Å²) in [5.74, 6) is -1.12. The third kappa shape index (κ3) is 6.37. The molecule has 0 radical (unpaired) electrons. The van der Waals surface area contributed by atoms with E-state index in [2.05, 4.69) is 10.0 Å². The number of rotatable bonds is 8. The van der Waals surface area contributed by atoms with E-state index in [0.29, 0.717) is 16.3 Å². The number of amides is 1. The highest BCUT2D eigenvalue weighted by Crippen LogP contribution is 2.19. The molecule has 9 heteroatoms. The van der Waals surface area contributed by atoms with Crippen LogP contribution in [0, 0.1) is 5.82 Å². The molecule has 3 rings (SSSR count). The SMILES string of the molecule is O=C(CCC(=O)c1ccc(Cl)cc1)Nc1ccc(S(=O)(=O)Nc2cccc(F)c2)cc1. The lowest BCUT2D eigenvalue weighted by molar-refractivity contribution is -0.116. The lowest BCUT2D eigenvalue weighted by Gasteiger charge is -2.09. The third-order valence-corrected chi connectivity index (χ3v) is 5.92. The van der Waals surface area contributed by atoms with E-state index in [-0.39, 0.29) is 35.1 Å². The van der Waals surface area contributed by atoms with Crippen molar-refractivity contribution in [2.75, 3.05) is 10.0 Å². The Balaban J connectivity index is 1.56. The summed E-state index contributed by atoms with van der Waals surface area (Å²) in [5, 5.41) is 3.14. The Hall–Kier alpha value is -3.23. The van der Waals surface area contributed by atoms with Crippen molar-refractivity contribution in [2.45, 2.75) is 17.7 Å². The molecule has 2 N–H and O–H groups in total. The molecule has 0 unspecified atom stereocenters. The molecule has 0 saturated heterocycles. The van der Waals surface area contributed by atoms with Gasteiger partial charge in [-0.05, 0) is 66.7 Å². The van der Waals surface area contributed by atoms with Gasteiger partial charge in [0.25, 0.3) is 10.0 Å². The summed E-state index contributed by atoms with van der Waals surface area (Å²) < 4.78 is 40.4. The number of benzene rings is 3. The molecule has 6 nitrogen and oxygen atoms in total. The van der Waals surface area contributed by atoms with E-state index in [1.54, 1.807) is 24.3 Å². The Kier molecular flexibility index (Phi) is 7.04. The Morgan fingerprint density at radius 2 is 1.55 bits per heavy atom. The van der Waals surface area contributed by atoms with Gasteiger partial charge in [-0.25, -0.2) is 12.8 Å². The molecule has 0 heterocycles. The van der Waals surface area contributed by atoms with Crippen molar-refractivity contribution in [3.63, 3.8) is 0 Å². The Morgan fingerprint density at radius 1 is 0.871 bits per heavy atom. The van der Waals surface area contributed by atoms with Crippen molar-refractivity contribution >= 4 is 44.7 Å². The van der Waals surface area contributed by atoms with Gasteiger partial charge in [-0.3, -0.25) is 14.3 Å². The van der Waals surface area contributed by atoms with Gasteiger partial charge in [-0.15, -0.1) is 0 Å². The zero-order chi connectivity index (χ0) is 22.4. The van der Waals surface area contributed by atoms with Crippen LogP contribution >= 0.6 is 11.6 Å². The molecule has 0 atom stereocenters. The first-order valence-corrected chi connectivity index (χ1v) is 11.1. The molecule has 3 aromatic carbocycles. The largest absolute Gasteiger partial charge is 0.326 e. The van der Waals surface area contributed by atoms with Gasteiger partial charge in [0, 0.05) is 29.1 Å². The summed E-state index contributed by atoms with van der Waals surface area (Å²) in [6.45, 7) is 0. The number of nitrogens with one attached hydrogen (secondary N) is 2. The minimum absolute atomic E-state index is 0.0252. The number of carbonyl (C=O) groups excluding carboxylic acids is 2. The maximum Gasteiger partial charge on any atom is 0.261 e. The van der Waals surface area contributed by atoms with Gasteiger partial charge in [0.1, 0.15) is 5.82 Å². The van der Waals surface area contributed by atoms with Crippen LogP contribution in [0.2, 0.25) is 5.02 Å². The number of Topliss-reactive ketones (excluding diaryl/α,β-unsaturated/α-hetero) is 1. The number of anilines is 2. The molecule has 160 valence electrons. The van der Waals surface area contributed by atoms with E-state index in [1.807, 2.05) is 0 Å². The fourth-order valence-electron chi connectivity index (χ4n) is 2.71. The second-order valence-electron chi connectivity index (χ2n) is 6.62. The van der Waals surface area contributed by atoms with E-state index in [9.17, 15) is 22.4 Å². The maximum atomic E-state index is 13.2. The van der Waals surface area contributed by atoms with E-state index >= 15 is 0 Å². The molecule has 0 aliphatic rings. The molecule has 0 aliphatic carbocycles. The summed E-state index contributed by atoms with van der Waals surface area (Å²) in [4.78, 5) is 24.2. The summed E-state index contributed by atoms with van der Waals surface area (Å²) in [5.41, 5.74) is 0.953. The molecule has 0 aromatic heterocycles. The van der Waals surface area contributed by atoms with E-state index < -0.39 is 15.8 Å². The van der Waals surface area contributed by atoms with E-state index in [1.165, 1.54) is 42.5 Å². The van der Waals surface area contributed by atoms with Crippen molar-refractivity contribution < 1.29 is 22.4 Å². The highest BCUT2D eigenvalue weighted by Gasteiger charge is 2.15. The Morgan fingerprint density at radius 3 is 2.19 bits per heavy atom. The molecule has 0 spiro atoms. The van der Waals surface area contributed by atoms with Crippen LogP contribution in [-0.2, 0) is 14.8 Å². The smallest absolute Gasteiger partial charge is 0.261 e. The molecular weight excluding hydrogens is 443 g/mol. The second kappa shape index (κ2) is 9.72. The van der Waals surface area contributed by atoms with Crippen LogP contribution in [0.5, 0.6) is 0 Å². The fourth-order valence-corrected chi connectivity index (χ4v) is 3.89. The molecule has 0 aliphatic heterocycles. The standard InChI is InChI=1S/C22H18ClFN2O4S/c23-16-6-4-15(5-7-16)21(27)12-13-22(28)25-18-8-10-20(11-9-18)31(29,30)26-19-3-1-2-17(24)14-19/h1-11,14,26H,12-13H2,(H,25,28). The predicted octanol–water partition coefficient (Wildman–Crippen LogP) is 4.88. The van der Waals surface area contributed by atoms with Crippen LogP contribution in [0.4, 0.5) is 15.8 Å². The van der Waals surface area contributed by atoms with Crippen LogP contribution in [0.1, 0.15) is 23.2 Å². The molecule has 1 amide bonds. The molecular formula is C22H18ClFN2O4S. The van der Waals surface area contributed by atoms with Crippen molar-refractivity contribution in [3.05, 3.63) is 89.2 Å². The lowest BCUT2D eigenvalue weighted by Crippen LogP contribution is -2.15. The summed E-state index contributed by atoms with van der Waals surface area (Å²) >= 11 is 5.79. The minimum Gasteiger partial charge on any atom is -0.326 e. The topological polar surface area (TPSA) is 92.3 Å². The number of sulfonamides is 1.